The molecular formula is C9H12Br2. The van der Waals surface area contributed by atoms with Gasteiger partial charge in [-0.3, -0.25) is 0 Å². The summed E-state index contributed by atoms with van der Waals surface area (Å²) in [6.07, 6.45) is 9.35. The Morgan fingerprint density at radius 1 is 1.00 bits per heavy atom. The minimum atomic E-state index is 1.70. The van der Waals surface area contributed by atoms with Gasteiger partial charge in [0.1, 0.15) is 0 Å². The van der Waals surface area contributed by atoms with Crippen molar-refractivity contribution in [2.45, 2.75) is 6.92 Å². The first-order valence-corrected chi connectivity index (χ1v) is 4.92. The number of allylic oxidation sites excluding steroid dienone is 5. The number of hydrogen-bond acceptors (Lipinski definition) is 0. The lowest BCUT2D eigenvalue weighted by Gasteiger charge is -1.61. The fourth-order valence-electron chi connectivity index (χ4n) is 0.205. The highest BCUT2D eigenvalue weighted by Crippen LogP contribution is 1.81. The van der Waals surface area contributed by atoms with E-state index in [-0.39, 0.29) is 0 Å². The van der Waals surface area contributed by atoms with Gasteiger partial charge in [-0.1, -0.05) is 68.8 Å². The van der Waals surface area contributed by atoms with Crippen molar-refractivity contribution in [1.82, 2.24) is 0 Å². The SMILES string of the molecule is C=CC=CBr.CC=CC=CBr. The molecule has 0 aromatic carbocycles. The van der Waals surface area contributed by atoms with Gasteiger partial charge in [0.15, 0.2) is 0 Å². The molecule has 0 radical (unpaired) electrons. The van der Waals surface area contributed by atoms with E-state index in [9.17, 15) is 0 Å². The molecule has 0 aromatic rings. The van der Waals surface area contributed by atoms with E-state index < -0.39 is 0 Å². The van der Waals surface area contributed by atoms with Gasteiger partial charge in [-0.25, -0.2) is 0 Å². The van der Waals surface area contributed by atoms with Gasteiger partial charge < -0.3 is 0 Å². The van der Waals surface area contributed by atoms with Gasteiger partial charge in [-0.2, -0.15) is 0 Å². The molecule has 0 aliphatic rings. The third-order valence-electron chi connectivity index (χ3n) is 0.585. The summed E-state index contributed by atoms with van der Waals surface area (Å²) in [4.78, 5) is 3.56. The van der Waals surface area contributed by atoms with Gasteiger partial charge in [0.05, 0.1) is 0 Å². The second-order valence-electron chi connectivity index (χ2n) is 1.40. The lowest BCUT2D eigenvalue weighted by molar-refractivity contribution is 1.74. The van der Waals surface area contributed by atoms with Crippen LogP contribution >= 0.6 is 31.9 Å². The van der Waals surface area contributed by atoms with Crippen molar-refractivity contribution in [3.63, 3.8) is 0 Å². The molecule has 0 saturated carbocycles. The Bertz CT molecular complexity index is 134. The lowest BCUT2D eigenvalue weighted by atomic mass is 10.5. The van der Waals surface area contributed by atoms with E-state index in [0.717, 1.165) is 0 Å². The zero-order valence-corrected chi connectivity index (χ0v) is 9.68. The maximum Gasteiger partial charge on any atom is -0.0189 e. The Hall–Kier alpha value is -0.0800. The molecule has 0 spiro atoms. The average molecular weight is 280 g/mol. The summed E-state index contributed by atoms with van der Waals surface area (Å²) in [5, 5.41) is 0. The standard InChI is InChI=1S/C5H7Br.C4H5Br/c1-2-3-4-5-6;1-2-3-4-5/h2-5H,1H3;2-4H,1H2. The maximum absolute atomic E-state index is 3.43. The van der Waals surface area contributed by atoms with Crippen molar-refractivity contribution in [1.29, 1.82) is 0 Å². The number of halogens is 2. The zero-order valence-electron chi connectivity index (χ0n) is 6.50. The molecule has 0 aliphatic heterocycles. The molecule has 0 atom stereocenters. The largest absolute Gasteiger partial charge is 0.0990 e. The van der Waals surface area contributed by atoms with E-state index in [1.165, 1.54) is 0 Å². The molecule has 11 heavy (non-hydrogen) atoms. The van der Waals surface area contributed by atoms with Crippen LogP contribution in [0.4, 0.5) is 0 Å². The van der Waals surface area contributed by atoms with Crippen molar-refractivity contribution >= 4 is 31.9 Å². The number of rotatable bonds is 2. The molecule has 0 heterocycles. The van der Waals surface area contributed by atoms with Crippen LogP contribution in [-0.4, -0.2) is 0 Å². The number of hydrogen-bond donors (Lipinski definition) is 0. The molecule has 0 saturated heterocycles. The van der Waals surface area contributed by atoms with Crippen LogP contribution in [0.5, 0.6) is 0 Å². The quantitative estimate of drug-likeness (QED) is 0.651. The molecule has 0 bridgehead atoms. The minimum absolute atomic E-state index is 1.70. The van der Waals surface area contributed by atoms with Gasteiger partial charge in [0.25, 0.3) is 0 Å². The smallest absolute Gasteiger partial charge is 0.0189 e. The third-order valence-corrected chi connectivity index (χ3v) is 1.20. The second-order valence-corrected chi connectivity index (χ2v) is 2.46. The lowest BCUT2D eigenvalue weighted by Crippen LogP contribution is -1.37. The fourth-order valence-corrected chi connectivity index (χ4v) is 0.597. The molecule has 0 fully saturated rings. The van der Waals surface area contributed by atoms with Crippen LogP contribution < -0.4 is 0 Å². The van der Waals surface area contributed by atoms with Gasteiger partial charge >= 0.3 is 0 Å². The van der Waals surface area contributed by atoms with E-state index in [1.807, 2.05) is 30.1 Å². The molecule has 62 valence electrons. The Morgan fingerprint density at radius 2 is 1.55 bits per heavy atom. The Labute approximate surface area is 85.6 Å². The van der Waals surface area contributed by atoms with Crippen molar-refractivity contribution in [2.75, 3.05) is 0 Å². The van der Waals surface area contributed by atoms with Crippen LogP contribution in [0.25, 0.3) is 0 Å². The van der Waals surface area contributed by atoms with Gasteiger partial charge in [0, 0.05) is 0 Å². The molecule has 0 nitrogen and oxygen atoms in total. The van der Waals surface area contributed by atoms with Gasteiger partial charge in [0.2, 0.25) is 0 Å². The molecule has 0 rings (SSSR count). The zero-order chi connectivity index (χ0) is 8.95. The van der Waals surface area contributed by atoms with E-state index in [4.69, 9.17) is 0 Å². The molecule has 0 N–H and O–H groups in total. The van der Waals surface area contributed by atoms with Crippen LogP contribution in [0.1, 0.15) is 6.92 Å². The van der Waals surface area contributed by atoms with Crippen molar-refractivity contribution in [3.8, 4) is 0 Å². The summed E-state index contributed by atoms with van der Waals surface area (Å²) in [5.41, 5.74) is 0. The van der Waals surface area contributed by atoms with Crippen molar-refractivity contribution in [2.24, 2.45) is 0 Å². The Balaban J connectivity index is 0. The van der Waals surface area contributed by atoms with E-state index in [0.29, 0.717) is 0 Å². The predicted molar refractivity (Wildman–Crippen MR) is 61.1 cm³/mol. The van der Waals surface area contributed by atoms with Crippen LogP contribution in [0, 0.1) is 0 Å². The van der Waals surface area contributed by atoms with Crippen LogP contribution in [0.2, 0.25) is 0 Å². The van der Waals surface area contributed by atoms with Crippen molar-refractivity contribution < 1.29 is 0 Å². The molecule has 0 unspecified atom stereocenters. The summed E-state index contributed by atoms with van der Waals surface area (Å²) in [7, 11) is 0. The molecular weight excluding hydrogens is 268 g/mol. The normalized spacial score (nSPS) is 10.5. The van der Waals surface area contributed by atoms with Gasteiger partial charge in [-0.05, 0) is 16.9 Å². The minimum Gasteiger partial charge on any atom is -0.0990 e. The highest BCUT2D eigenvalue weighted by atomic mass is 79.9. The fraction of sp³-hybridized carbons (Fsp3) is 0.111. The monoisotopic (exact) mass is 278 g/mol. The first kappa shape index (κ1) is 13.5. The summed E-state index contributed by atoms with van der Waals surface area (Å²) >= 11 is 6.18. The molecule has 2 heteroatoms. The van der Waals surface area contributed by atoms with Gasteiger partial charge in [-0.15, -0.1) is 0 Å². The maximum atomic E-state index is 3.43. The third kappa shape index (κ3) is 25.7. The topological polar surface area (TPSA) is 0 Å². The van der Waals surface area contributed by atoms with Crippen LogP contribution in [0.3, 0.4) is 0 Å². The summed E-state index contributed by atoms with van der Waals surface area (Å²) in [6, 6.07) is 0. The first-order chi connectivity index (χ1) is 5.33. The Kier molecular flexibility index (Phi) is 20.2. The molecule has 0 aromatic heterocycles. The Morgan fingerprint density at radius 3 is 1.64 bits per heavy atom. The summed E-state index contributed by atoms with van der Waals surface area (Å²) < 4.78 is 0. The summed E-state index contributed by atoms with van der Waals surface area (Å²) in [6.45, 7) is 5.41. The second kappa shape index (κ2) is 16.5. The first-order valence-electron chi connectivity index (χ1n) is 3.09. The highest BCUT2D eigenvalue weighted by molar-refractivity contribution is 9.11. The van der Waals surface area contributed by atoms with Crippen LogP contribution in [-0.2, 0) is 0 Å². The van der Waals surface area contributed by atoms with E-state index >= 15 is 0 Å². The average Bonchev–Trinajstić information content (AvgIpc) is 2.04. The van der Waals surface area contributed by atoms with Crippen LogP contribution in [0.15, 0.2) is 46.9 Å². The predicted octanol–water partition coefficient (Wildman–Crippen LogP) is 4.55. The molecule has 0 aliphatic carbocycles. The van der Waals surface area contributed by atoms with E-state index in [2.05, 4.69) is 38.4 Å². The highest BCUT2D eigenvalue weighted by Gasteiger charge is 1.50. The van der Waals surface area contributed by atoms with E-state index in [1.54, 1.807) is 17.1 Å². The summed E-state index contributed by atoms with van der Waals surface area (Å²) in [5.74, 6) is 0. The molecule has 0 amide bonds. The van der Waals surface area contributed by atoms with Crippen molar-refractivity contribution in [3.05, 3.63) is 46.9 Å².